The summed E-state index contributed by atoms with van der Waals surface area (Å²) in [6, 6.07) is 5.20. The van der Waals surface area contributed by atoms with Gasteiger partial charge in [-0.25, -0.2) is 9.78 Å². The van der Waals surface area contributed by atoms with Crippen LogP contribution in [0.2, 0.25) is 5.02 Å². The molecule has 0 aliphatic rings. The third-order valence-corrected chi connectivity index (χ3v) is 4.52. The summed E-state index contributed by atoms with van der Waals surface area (Å²) >= 11 is 7.05. The fraction of sp³-hybridized carbons (Fsp3) is 0.267. The number of rotatable bonds is 5. The first-order valence-electron chi connectivity index (χ1n) is 6.63. The number of carboxylic acids is 1. The van der Waals surface area contributed by atoms with Gasteiger partial charge in [-0.05, 0) is 17.7 Å². The number of thiazole rings is 1. The smallest absolute Gasteiger partial charge is 0.330 e. The molecule has 116 valence electrons. The summed E-state index contributed by atoms with van der Waals surface area (Å²) < 4.78 is 0. The largest absolute Gasteiger partial charge is 0.479 e. The van der Waals surface area contributed by atoms with Crippen molar-refractivity contribution in [2.75, 3.05) is 0 Å². The predicted molar refractivity (Wildman–Crippen MR) is 85.5 cm³/mol. The molecule has 0 radical (unpaired) electrons. The Balaban J connectivity index is 2.18. The van der Waals surface area contributed by atoms with Gasteiger partial charge >= 0.3 is 5.97 Å². The van der Waals surface area contributed by atoms with Gasteiger partial charge in [-0.3, -0.25) is 4.79 Å². The fourth-order valence-corrected chi connectivity index (χ4v) is 2.75. The minimum Gasteiger partial charge on any atom is -0.479 e. The third-order valence-electron chi connectivity index (χ3n) is 2.97. The second-order valence-electron chi connectivity index (χ2n) is 5.01. The number of nitrogens with zero attached hydrogens (tertiary/aromatic N) is 1. The molecule has 2 N–H and O–H groups in total. The van der Waals surface area contributed by atoms with Crippen LogP contribution in [0.15, 0.2) is 30.5 Å². The van der Waals surface area contributed by atoms with E-state index in [1.165, 1.54) is 17.5 Å². The van der Waals surface area contributed by atoms with E-state index < -0.39 is 17.9 Å². The van der Waals surface area contributed by atoms with Gasteiger partial charge in [0.2, 0.25) is 0 Å². The summed E-state index contributed by atoms with van der Waals surface area (Å²) in [6.45, 7) is 3.96. The first-order chi connectivity index (χ1) is 10.4. The van der Waals surface area contributed by atoms with Crippen molar-refractivity contribution in [3.8, 4) is 0 Å². The number of carbonyl (C=O) groups is 2. The lowest BCUT2D eigenvalue weighted by atomic mass is 10.1. The number of hydrogen-bond donors (Lipinski definition) is 2. The van der Waals surface area contributed by atoms with Crippen LogP contribution in [-0.4, -0.2) is 22.0 Å². The molecule has 1 amide bonds. The van der Waals surface area contributed by atoms with Gasteiger partial charge in [-0.15, -0.1) is 11.3 Å². The van der Waals surface area contributed by atoms with E-state index in [-0.39, 0.29) is 5.92 Å². The lowest BCUT2D eigenvalue weighted by molar-refractivity contribution is -0.139. The average molecular weight is 339 g/mol. The number of nitrogens with one attached hydrogen (secondary N) is 1. The minimum absolute atomic E-state index is 0.220. The Kier molecular flexibility index (Phi) is 5.15. The molecule has 2 rings (SSSR count). The van der Waals surface area contributed by atoms with Crippen molar-refractivity contribution in [3.63, 3.8) is 0 Å². The molecule has 0 aliphatic carbocycles. The van der Waals surface area contributed by atoms with Crippen LogP contribution in [0.1, 0.15) is 46.0 Å². The fourth-order valence-electron chi connectivity index (χ4n) is 1.80. The number of hydrogen-bond acceptors (Lipinski definition) is 4. The number of carbonyl (C=O) groups excluding carboxylic acids is 1. The van der Waals surface area contributed by atoms with Gasteiger partial charge in [0.05, 0.1) is 11.2 Å². The molecule has 5 nitrogen and oxygen atoms in total. The second-order valence-corrected chi connectivity index (χ2v) is 6.51. The van der Waals surface area contributed by atoms with Crippen LogP contribution in [0.25, 0.3) is 0 Å². The molecule has 1 unspecified atom stereocenters. The van der Waals surface area contributed by atoms with Gasteiger partial charge in [0, 0.05) is 10.9 Å². The third kappa shape index (κ3) is 3.84. The molecule has 0 spiro atoms. The maximum Gasteiger partial charge on any atom is 0.330 e. The van der Waals surface area contributed by atoms with E-state index >= 15 is 0 Å². The van der Waals surface area contributed by atoms with Gasteiger partial charge < -0.3 is 10.4 Å². The highest BCUT2D eigenvalue weighted by Gasteiger charge is 2.23. The van der Waals surface area contributed by atoms with E-state index in [9.17, 15) is 14.7 Å². The first kappa shape index (κ1) is 16.5. The van der Waals surface area contributed by atoms with E-state index in [0.29, 0.717) is 15.5 Å². The summed E-state index contributed by atoms with van der Waals surface area (Å²) in [5, 5.41) is 13.2. The molecule has 0 aliphatic heterocycles. The zero-order valence-electron chi connectivity index (χ0n) is 12.0. The number of aliphatic carboxylic acids is 1. The quantitative estimate of drug-likeness (QED) is 0.874. The van der Waals surface area contributed by atoms with Crippen LogP contribution in [-0.2, 0) is 4.79 Å². The summed E-state index contributed by atoms with van der Waals surface area (Å²) in [4.78, 5) is 28.2. The molecule has 0 bridgehead atoms. The summed E-state index contributed by atoms with van der Waals surface area (Å²) in [6.07, 6.45) is 1.47. The molecule has 7 heteroatoms. The van der Waals surface area contributed by atoms with Crippen LogP contribution in [0.3, 0.4) is 0 Å². The SMILES string of the molecule is CC(C)c1ncc(C(=O)NC(C(=O)O)c2ccc(Cl)cc2)s1. The molecule has 22 heavy (non-hydrogen) atoms. The molecule has 2 aromatic rings. The summed E-state index contributed by atoms with van der Waals surface area (Å²) in [5.41, 5.74) is 0.457. The van der Waals surface area contributed by atoms with Gasteiger partial charge in [0.15, 0.2) is 6.04 Å². The molecule has 0 saturated heterocycles. The zero-order chi connectivity index (χ0) is 16.3. The highest BCUT2D eigenvalue weighted by Crippen LogP contribution is 2.22. The van der Waals surface area contributed by atoms with Crippen molar-refractivity contribution in [1.82, 2.24) is 10.3 Å². The first-order valence-corrected chi connectivity index (χ1v) is 7.82. The molecule has 1 atom stereocenters. The van der Waals surface area contributed by atoms with E-state index in [4.69, 9.17) is 11.6 Å². The Morgan fingerprint density at radius 1 is 1.27 bits per heavy atom. The van der Waals surface area contributed by atoms with Crippen LogP contribution in [0.5, 0.6) is 0 Å². The Hall–Kier alpha value is -1.92. The Bertz CT molecular complexity index is 682. The van der Waals surface area contributed by atoms with Crippen LogP contribution < -0.4 is 5.32 Å². The van der Waals surface area contributed by atoms with Gasteiger partial charge in [0.1, 0.15) is 4.88 Å². The lowest BCUT2D eigenvalue weighted by Gasteiger charge is -2.14. The molecule has 0 fully saturated rings. The molecular weight excluding hydrogens is 324 g/mol. The molecular formula is C15H15ClN2O3S. The lowest BCUT2D eigenvalue weighted by Crippen LogP contribution is -2.33. The molecule has 1 heterocycles. The van der Waals surface area contributed by atoms with Crippen LogP contribution >= 0.6 is 22.9 Å². The number of aromatic nitrogens is 1. The monoisotopic (exact) mass is 338 g/mol. The number of carboxylic acid groups (broad SMARTS) is 1. The van der Waals surface area contributed by atoms with Gasteiger partial charge in [-0.2, -0.15) is 0 Å². The topological polar surface area (TPSA) is 79.3 Å². The van der Waals surface area contributed by atoms with E-state index in [1.807, 2.05) is 13.8 Å². The maximum atomic E-state index is 12.2. The second kappa shape index (κ2) is 6.89. The van der Waals surface area contributed by atoms with Crippen molar-refractivity contribution in [1.29, 1.82) is 0 Å². The normalized spacial score (nSPS) is 12.2. The highest BCUT2D eigenvalue weighted by molar-refractivity contribution is 7.13. The van der Waals surface area contributed by atoms with Crippen molar-refractivity contribution < 1.29 is 14.7 Å². The molecule has 0 saturated carbocycles. The highest BCUT2D eigenvalue weighted by atomic mass is 35.5. The Morgan fingerprint density at radius 3 is 2.41 bits per heavy atom. The zero-order valence-corrected chi connectivity index (χ0v) is 13.6. The number of halogens is 1. The van der Waals surface area contributed by atoms with Crippen molar-refractivity contribution in [2.24, 2.45) is 0 Å². The predicted octanol–water partition coefficient (Wildman–Crippen LogP) is 3.48. The minimum atomic E-state index is -1.13. The number of amides is 1. The number of benzene rings is 1. The standard InChI is InChI=1S/C15H15ClN2O3S/c1-8(2)14-17-7-11(22-14)13(19)18-12(15(20)21)9-3-5-10(16)6-4-9/h3-8,12H,1-2H3,(H,18,19)(H,20,21). The summed E-state index contributed by atoms with van der Waals surface area (Å²) in [5.74, 6) is -1.37. The van der Waals surface area contributed by atoms with Crippen LogP contribution in [0.4, 0.5) is 0 Å². The maximum absolute atomic E-state index is 12.2. The Labute approximate surface area is 137 Å². The van der Waals surface area contributed by atoms with Gasteiger partial charge in [0.25, 0.3) is 5.91 Å². The van der Waals surface area contributed by atoms with Crippen molar-refractivity contribution >= 4 is 34.8 Å². The molecule has 1 aromatic carbocycles. The van der Waals surface area contributed by atoms with Crippen molar-refractivity contribution in [2.45, 2.75) is 25.8 Å². The Morgan fingerprint density at radius 2 is 1.91 bits per heavy atom. The molecule has 1 aromatic heterocycles. The van der Waals surface area contributed by atoms with E-state index in [0.717, 1.165) is 5.01 Å². The average Bonchev–Trinajstić information content (AvgIpc) is 2.95. The van der Waals surface area contributed by atoms with Crippen molar-refractivity contribution in [3.05, 3.63) is 50.9 Å². The van der Waals surface area contributed by atoms with E-state index in [1.54, 1.807) is 24.3 Å². The van der Waals surface area contributed by atoms with E-state index in [2.05, 4.69) is 10.3 Å². The van der Waals surface area contributed by atoms with Gasteiger partial charge in [-0.1, -0.05) is 37.6 Å². The van der Waals surface area contributed by atoms with Crippen LogP contribution in [0, 0.1) is 0 Å². The summed E-state index contributed by atoms with van der Waals surface area (Å²) in [7, 11) is 0.